The molecule has 2 aliphatic heterocycles. The summed E-state index contributed by atoms with van der Waals surface area (Å²) >= 11 is 0. The lowest BCUT2D eigenvalue weighted by Crippen LogP contribution is -2.38. The third-order valence-electron chi connectivity index (χ3n) is 6.11. The number of aromatic nitrogens is 1. The van der Waals surface area contributed by atoms with Crippen LogP contribution in [0.3, 0.4) is 0 Å². The second-order valence-electron chi connectivity index (χ2n) is 7.21. The van der Waals surface area contributed by atoms with Crippen molar-refractivity contribution in [2.75, 3.05) is 6.54 Å². The van der Waals surface area contributed by atoms with Crippen LogP contribution >= 0.6 is 0 Å². The molecule has 0 aliphatic carbocycles. The maximum Gasteiger partial charge on any atom is 0.223 e. The van der Waals surface area contributed by atoms with Crippen LogP contribution in [0, 0.1) is 16.7 Å². The van der Waals surface area contributed by atoms with Gasteiger partial charge in [0.15, 0.2) is 0 Å². The molecule has 124 valence electrons. The summed E-state index contributed by atoms with van der Waals surface area (Å²) in [5, 5.41) is 10.2. The summed E-state index contributed by atoms with van der Waals surface area (Å²) in [6.07, 6.45) is 4.91. The van der Waals surface area contributed by atoms with Crippen LogP contribution in [0.4, 0.5) is 0 Å². The lowest BCUT2D eigenvalue weighted by atomic mass is 9.71. The quantitative estimate of drug-likeness (QED) is 0.862. The molecule has 1 N–H and O–H groups in total. The van der Waals surface area contributed by atoms with E-state index in [-0.39, 0.29) is 17.4 Å². The highest BCUT2D eigenvalue weighted by Gasteiger charge is 2.53. The van der Waals surface area contributed by atoms with Gasteiger partial charge in [0.2, 0.25) is 5.91 Å². The summed E-state index contributed by atoms with van der Waals surface area (Å²) in [6, 6.07) is 10.8. The molecule has 3 heterocycles. The topological polar surface area (TPSA) is 59.9 Å². The summed E-state index contributed by atoms with van der Waals surface area (Å²) in [4.78, 5) is 18.4. The number of hydrogen-bond donors (Lipinski definition) is 1. The van der Waals surface area contributed by atoms with E-state index in [2.05, 4.69) is 47.1 Å². The van der Waals surface area contributed by atoms with Gasteiger partial charge in [-0.05, 0) is 37.3 Å². The van der Waals surface area contributed by atoms with Crippen molar-refractivity contribution in [1.29, 1.82) is 5.26 Å². The number of rotatable bonds is 4. The molecule has 24 heavy (non-hydrogen) atoms. The number of aromatic amines is 1. The van der Waals surface area contributed by atoms with E-state index in [0.717, 1.165) is 32.2 Å². The fourth-order valence-electron chi connectivity index (χ4n) is 4.89. The first-order valence-corrected chi connectivity index (χ1v) is 8.96. The minimum absolute atomic E-state index is 0.0377. The van der Waals surface area contributed by atoms with Gasteiger partial charge >= 0.3 is 0 Å². The molecular formula is C20H23N3O. The molecule has 2 aliphatic rings. The van der Waals surface area contributed by atoms with Crippen molar-refractivity contribution in [2.24, 2.45) is 5.41 Å². The SMILES string of the molecule is CC[C@]1(CCCC#N)CC(=O)N2CCc3c([nH]c4ccccc34)[C@@H]21. The Morgan fingerprint density at radius 2 is 2.25 bits per heavy atom. The zero-order valence-electron chi connectivity index (χ0n) is 14.1. The van der Waals surface area contributed by atoms with E-state index in [4.69, 9.17) is 5.26 Å². The van der Waals surface area contributed by atoms with Gasteiger partial charge in [-0.2, -0.15) is 5.26 Å². The number of carbonyl (C=O) groups is 1. The number of unbranched alkanes of at least 4 members (excludes halogenated alkanes) is 1. The third kappa shape index (κ3) is 2.07. The second kappa shape index (κ2) is 5.66. The first kappa shape index (κ1) is 15.3. The molecule has 0 bridgehead atoms. The van der Waals surface area contributed by atoms with Crippen LogP contribution in [0.2, 0.25) is 0 Å². The number of amides is 1. The van der Waals surface area contributed by atoms with Crippen LogP contribution in [0.15, 0.2) is 24.3 Å². The average molecular weight is 321 g/mol. The minimum Gasteiger partial charge on any atom is -0.356 e. The molecule has 4 rings (SSSR count). The molecule has 4 heteroatoms. The van der Waals surface area contributed by atoms with Gasteiger partial charge in [-0.3, -0.25) is 4.79 Å². The summed E-state index contributed by atoms with van der Waals surface area (Å²) in [6.45, 7) is 3.01. The summed E-state index contributed by atoms with van der Waals surface area (Å²) in [5.74, 6) is 0.281. The van der Waals surface area contributed by atoms with Crippen molar-refractivity contribution in [3.8, 4) is 6.07 Å². The van der Waals surface area contributed by atoms with E-state index in [0.29, 0.717) is 12.8 Å². The first-order chi connectivity index (χ1) is 11.7. The molecule has 1 aromatic carbocycles. The Hall–Kier alpha value is -2.28. The van der Waals surface area contributed by atoms with Crippen molar-refractivity contribution in [3.05, 3.63) is 35.5 Å². The first-order valence-electron chi connectivity index (χ1n) is 8.96. The predicted octanol–water partition coefficient (Wildman–Crippen LogP) is 4.09. The van der Waals surface area contributed by atoms with Crippen LogP contribution in [-0.2, 0) is 11.2 Å². The van der Waals surface area contributed by atoms with E-state index in [1.165, 1.54) is 22.2 Å². The Morgan fingerprint density at radius 3 is 3.04 bits per heavy atom. The average Bonchev–Trinajstić information content (AvgIpc) is 3.11. The van der Waals surface area contributed by atoms with Gasteiger partial charge in [0.05, 0.1) is 12.1 Å². The van der Waals surface area contributed by atoms with Crippen LogP contribution in [0.5, 0.6) is 0 Å². The number of H-pyrrole nitrogens is 1. The third-order valence-corrected chi connectivity index (χ3v) is 6.11. The molecule has 2 aromatic rings. The monoisotopic (exact) mass is 321 g/mol. The van der Waals surface area contributed by atoms with E-state index in [1.54, 1.807) is 0 Å². The lowest BCUT2D eigenvalue weighted by molar-refractivity contribution is -0.129. The summed E-state index contributed by atoms with van der Waals surface area (Å²) < 4.78 is 0. The highest BCUT2D eigenvalue weighted by Crippen LogP contribution is 2.55. The highest BCUT2D eigenvalue weighted by atomic mass is 16.2. The predicted molar refractivity (Wildman–Crippen MR) is 93.3 cm³/mol. The molecule has 2 atom stereocenters. The standard InChI is InChI=1S/C20H23N3O/c1-2-20(10-5-6-11-21)13-17(24)23-12-9-15-14-7-3-4-8-16(14)22-18(15)19(20)23/h3-4,7-8,19,22H,2,5-6,9-10,12-13H2,1H3/t19-,20+/m1/s1. The number of carbonyl (C=O) groups excluding carboxylic acids is 1. The second-order valence-corrected chi connectivity index (χ2v) is 7.21. The van der Waals surface area contributed by atoms with Gasteiger partial charge in [0.25, 0.3) is 0 Å². The van der Waals surface area contributed by atoms with Gasteiger partial charge in [-0.15, -0.1) is 0 Å². The lowest BCUT2D eigenvalue weighted by Gasteiger charge is -2.40. The molecule has 1 saturated heterocycles. The Labute approximate surface area is 142 Å². The molecule has 0 spiro atoms. The fourth-order valence-corrected chi connectivity index (χ4v) is 4.89. The Morgan fingerprint density at radius 1 is 1.42 bits per heavy atom. The molecule has 1 amide bonds. The summed E-state index contributed by atoms with van der Waals surface area (Å²) in [5.41, 5.74) is 3.77. The molecule has 0 saturated carbocycles. The number of benzene rings is 1. The van der Waals surface area contributed by atoms with Crippen molar-refractivity contribution < 1.29 is 4.79 Å². The largest absolute Gasteiger partial charge is 0.356 e. The zero-order chi connectivity index (χ0) is 16.7. The molecule has 1 fully saturated rings. The number of nitrogens with one attached hydrogen (secondary N) is 1. The maximum atomic E-state index is 12.7. The van der Waals surface area contributed by atoms with Gasteiger partial charge < -0.3 is 9.88 Å². The normalized spacial score (nSPS) is 25.6. The van der Waals surface area contributed by atoms with Gasteiger partial charge in [-0.25, -0.2) is 0 Å². The van der Waals surface area contributed by atoms with E-state index < -0.39 is 0 Å². The van der Waals surface area contributed by atoms with Gasteiger partial charge in [0, 0.05) is 41.4 Å². The van der Waals surface area contributed by atoms with E-state index in [1.807, 2.05) is 0 Å². The van der Waals surface area contributed by atoms with Crippen molar-refractivity contribution in [3.63, 3.8) is 0 Å². The molecule has 0 radical (unpaired) electrons. The molecule has 1 aromatic heterocycles. The highest BCUT2D eigenvalue weighted by molar-refractivity contribution is 5.87. The van der Waals surface area contributed by atoms with E-state index >= 15 is 0 Å². The van der Waals surface area contributed by atoms with Gasteiger partial charge in [0.1, 0.15) is 0 Å². The van der Waals surface area contributed by atoms with Crippen molar-refractivity contribution in [1.82, 2.24) is 9.88 Å². The number of nitriles is 1. The molecule has 0 unspecified atom stereocenters. The Bertz CT molecular complexity index is 831. The fraction of sp³-hybridized carbons (Fsp3) is 0.500. The summed E-state index contributed by atoms with van der Waals surface area (Å²) in [7, 11) is 0. The van der Waals surface area contributed by atoms with Gasteiger partial charge in [-0.1, -0.05) is 25.1 Å². The molecule has 4 nitrogen and oxygen atoms in total. The van der Waals surface area contributed by atoms with Crippen LogP contribution in [-0.4, -0.2) is 22.3 Å². The minimum atomic E-state index is -0.0377. The van der Waals surface area contributed by atoms with Crippen molar-refractivity contribution in [2.45, 2.75) is 51.5 Å². The smallest absolute Gasteiger partial charge is 0.223 e. The zero-order valence-corrected chi connectivity index (χ0v) is 14.1. The van der Waals surface area contributed by atoms with Crippen LogP contribution in [0.25, 0.3) is 10.9 Å². The van der Waals surface area contributed by atoms with Crippen LogP contribution < -0.4 is 0 Å². The molecular weight excluding hydrogens is 298 g/mol. The number of fused-ring (bicyclic) bond motifs is 5. The van der Waals surface area contributed by atoms with E-state index in [9.17, 15) is 4.79 Å². The van der Waals surface area contributed by atoms with Crippen molar-refractivity contribution >= 4 is 16.8 Å². The number of para-hydroxylation sites is 1. The number of nitrogens with zero attached hydrogens (tertiary/aromatic N) is 2. The Balaban J connectivity index is 1.82. The Kier molecular flexibility index (Phi) is 3.60. The number of hydrogen-bond acceptors (Lipinski definition) is 2. The maximum absolute atomic E-state index is 12.7. The van der Waals surface area contributed by atoms with Crippen LogP contribution in [0.1, 0.15) is 56.3 Å².